The zero-order chi connectivity index (χ0) is 16.3. The molecule has 0 radical (unpaired) electrons. The third kappa shape index (κ3) is 3.71. The third-order valence-electron chi connectivity index (χ3n) is 4.36. The van der Waals surface area contributed by atoms with Crippen molar-refractivity contribution >= 4 is 22.7 Å². The second kappa shape index (κ2) is 6.42. The first-order valence-electron chi connectivity index (χ1n) is 7.90. The summed E-state index contributed by atoms with van der Waals surface area (Å²) in [7, 11) is 0. The summed E-state index contributed by atoms with van der Waals surface area (Å²) in [5.41, 5.74) is 4.85. The van der Waals surface area contributed by atoms with E-state index < -0.39 is 5.60 Å². The lowest BCUT2D eigenvalue weighted by Gasteiger charge is -2.21. The van der Waals surface area contributed by atoms with Gasteiger partial charge in [-0.25, -0.2) is 0 Å². The van der Waals surface area contributed by atoms with Gasteiger partial charge in [0.25, 0.3) is 5.91 Å². The Morgan fingerprint density at radius 3 is 2.57 bits per heavy atom. The van der Waals surface area contributed by atoms with E-state index >= 15 is 0 Å². The van der Waals surface area contributed by atoms with Crippen LogP contribution in [0.25, 0.3) is 10.9 Å². The van der Waals surface area contributed by atoms with Crippen LogP contribution in [0.4, 0.5) is 0 Å². The van der Waals surface area contributed by atoms with E-state index in [1.807, 2.05) is 41.1 Å². The molecule has 1 aliphatic rings. The van der Waals surface area contributed by atoms with Gasteiger partial charge in [0, 0.05) is 11.7 Å². The van der Waals surface area contributed by atoms with Crippen LogP contribution in [0.2, 0.25) is 0 Å². The molecular weight excluding hydrogens is 294 g/mol. The minimum absolute atomic E-state index is 0.0275. The fourth-order valence-electron chi connectivity index (χ4n) is 3.17. The number of fused-ring (bicyclic) bond motifs is 1. The molecule has 3 N–H and O–H groups in total. The minimum atomic E-state index is -0.911. The first-order chi connectivity index (χ1) is 11.1. The van der Waals surface area contributed by atoms with Crippen LogP contribution >= 0.6 is 0 Å². The Bertz CT molecular complexity index is 717. The second-order valence-electron chi connectivity index (χ2n) is 6.21. The predicted octanol–water partition coefficient (Wildman–Crippen LogP) is 1.48. The van der Waals surface area contributed by atoms with Crippen molar-refractivity contribution < 1.29 is 14.7 Å². The van der Waals surface area contributed by atoms with Crippen molar-refractivity contribution in [2.75, 3.05) is 0 Å². The highest BCUT2D eigenvalue weighted by Crippen LogP contribution is 2.31. The normalized spacial score (nSPS) is 16.4. The van der Waals surface area contributed by atoms with Crippen LogP contribution in [0.1, 0.15) is 32.1 Å². The van der Waals surface area contributed by atoms with E-state index in [1.165, 1.54) is 0 Å². The molecule has 1 aliphatic carbocycles. The van der Waals surface area contributed by atoms with Crippen LogP contribution in [-0.2, 0) is 16.1 Å². The summed E-state index contributed by atoms with van der Waals surface area (Å²) in [6.45, 7) is 0.123. The molecule has 2 aromatic rings. The standard InChI is InChI=1S/C17H21N3O3/c21-15(11-17(23)8-3-4-9-17)18-19-16(22)12-20-10-7-13-5-1-2-6-14(13)20/h1-2,5-7,10,23H,3-4,8-9,11-12H2,(H,18,21)(H,19,22). The van der Waals surface area contributed by atoms with Gasteiger partial charge in [-0.05, 0) is 30.4 Å². The third-order valence-corrected chi connectivity index (χ3v) is 4.36. The topological polar surface area (TPSA) is 83.4 Å². The number of nitrogens with zero attached hydrogens (tertiary/aromatic N) is 1. The maximum atomic E-state index is 12.0. The number of aliphatic hydroxyl groups is 1. The van der Waals surface area contributed by atoms with Crippen molar-refractivity contribution in [1.29, 1.82) is 0 Å². The number of para-hydroxylation sites is 1. The van der Waals surface area contributed by atoms with Gasteiger partial charge in [-0.1, -0.05) is 31.0 Å². The number of hydrogen-bond donors (Lipinski definition) is 3. The lowest BCUT2D eigenvalue weighted by molar-refractivity contribution is -0.132. The zero-order valence-electron chi connectivity index (χ0n) is 12.9. The van der Waals surface area contributed by atoms with E-state index in [4.69, 9.17) is 0 Å². The quantitative estimate of drug-likeness (QED) is 0.747. The SMILES string of the molecule is O=C(Cn1ccc2ccccc21)NNC(=O)CC1(O)CCCC1. The van der Waals surface area contributed by atoms with Crippen molar-refractivity contribution in [3.8, 4) is 0 Å². The Morgan fingerprint density at radius 1 is 1.09 bits per heavy atom. The highest BCUT2D eigenvalue weighted by atomic mass is 16.3. The van der Waals surface area contributed by atoms with E-state index in [-0.39, 0.29) is 24.8 Å². The summed E-state index contributed by atoms with van der Waals surface area (Å²) in [5, 5.41) is 11.2. The molecule has 0 spiro atoms. The molecule has 0 aliphatic heterocycles. The fourth-order valence-corrected chi connectivity index (χ4v) is 3.17. The largest absolute Gasteiger partial charge is 0.389 e. The van der Waals surface area contributed by atoms with Gasteiger partial charge in [-0.3, -0.25) is 20.4 Å². The molecule has 2 amide bonds. The molecule has 1 fully saturated rings. The number of hydrogen-bond acceptors (Lipinski definition) is 3. The first-order valence-corrected chi connectivity index (χ1v) is 7.90. The molecule has 23 heavy (non-hydrogen) atoms. The van der Waals surface area contributed by atoms with Crippen molar-refractivity contribution in [1.82, 2.24) is 15.4 Å². The van der Waals surface area contributed by atoms with Gasteiger partial charge < -0.3 is 9.67 Å². The average Bonchev–Trinajstić information content (AvgIpc) is 3.13. The first kappa shape index (κ1) is 15.6. The summed E-state index contributed by atoms with van der Waals surface area (Å²) in [6, 6.07) is 9.73. The van der Waals surface area contributed by atoms with E-state index in [0.29, 0.717) is 12.8 Å². The van der Waals surface area contributed by atoms with Gasteiger partial charge in [-0.2, -0.15) is 0 Å². The van der Waals surface area contributed by atoms with E-state index in [0.717, 1.165) is 23.7 Å². The molecule has 122 valence electrons. The Labute approximate surface area is 134 Å². The number of benzene rings is 1. The van der Waals surface area contributed by atoms with Crippen LogP contribution in [0.5, 0.6) is 0 Å². The number of carbonyl (C=O) groups is 2. The van der Waals surface area contributed by atoms with Crippen molar-refractivity contribution in [3.05, 3.63) is 36.5 Å². The Morgan fingerprint density at radius 2 is 1.78 bits per heavy atom. The Kier molecular flexibility index (Phi) is 4.34. The molecule has 1 saturated carbocycles. The molecule has 6 heteroatoms. The fraction of sp³-hybridized carbons (Fsp3) is 0.412. The molecule has 1 aromatic heterocycles. The smallest absolute Gasteiger partial charge is 0.258 e. The summed E-state index contributed by atoms with van der Waals surface area (Å²) in [4.78, 5) is 23.8. The number of hydrazine groups is 1. The number of amides is 2. The molecule has 6 nitrogen and oxygen atoms in total. The van der Waals surface area contributed by atoms with Gasteiger partial charge >= 0.3 is 0 Å². The van der Waals surface area contributed by atoms with Crippen LogP contribution < -0.4 is 10.9 Å². The Balaban J connectivity index is 1.50. The van der Waals surface area contributed by atoms with Crippen LogP contribution in [0.15, 0.2) is 36.5 Å². The summed E-state index contributed by atoms with van der Waals surface area (Å²) < 4.78 is 1.82. The van der Waals surface area contributed by atoms with Gasteiger partial charge in [-0.15, -0.1) is 0 Å². The second-order valence-corrected chi connectivity index (χ2v) is 6.21. The number of aromatic nitrogens is 1. The van der Waals surface area contributed by atoms with Crippen LogP contribution in [0.3, 0.4) is 0 Å². The minimum Gasteiger partial charge on any atom is -0.389 e. The summed E-state index contributed by atoms with van der Waals surface area (Å²) >= 11 is 0. The summed E-state index contributed by atoms with van der Waals surface area (Å²) in [6.07, 6.45) is 5.04. The maximum Gasteiger partial charge on any atom is 0.258 e. The van der Waals surface area contributed by atoms with Crippen molar-refractivity contribution in [2.24, 2.45) is 0 Å². The predicted molar refractivity (Wildman–Crippen MR) is 86.3 cm³/mol. The lowest BCUT2D eigenvalue weighted by Crippen LogP contribution is -2.45. The summed E-state index contributed by atoms with van der Waals surface area (Å²) in [5.74, 6) is -0.668. The highest BCUT2D eigenvalue weighted by Gasteiger charge is 2.33. The van der Waals surface area contributed by atoms with E-state index in [2.05, 4.69) is 10.9 Å². The van der Waals surface area contributed by atoms with Gasteiger partial charge in [0.1, 0.15) is 6.54 Å². The molecule has 0 saturated heterocycles. The maximum absolute atomic E-state index is 12.0. The monoisotopic (exact) mass is 315 g/mol. The van der Waals surface area contributed by atoms with Gasteiger partial charge in [0.15, 0.2) is 0 Å². The number of carbonyl (C=O) groups excluding carboxylic acids is 2. The molecular formula is C17H21N3O3. The Hall–Kier alpha value is -2.34. The van der Waals surface area contributed by atoms with Gasteiger partial charge in [0.05, 0.1) is 12.0 Å². The van der Waals surface area contributed by atoms with Gasteiger partial charge in [0.2, 0.25) is 5.91 Å². The van der Waals surface area contributed by atoms with Crippen LogP contribution in [0, 0.1) is 0 Å². The molecule has 3 rings (SSSR count). The van der Waals surface area contributed by atoms with E-state index in [1.54, 1.807) is 0 Å². The number of rotatable bonds is 4. The molecule has 1 heterocycles. The average molecular weight is 315 g/mol. The zero-order valence-corrected chi connectivity index (χ0v) is 12.9. The number of nitrogens with one attached hydrogen (secondary N) is 2. The van der Waals surface area contributed by atoms with Crippen molar-refractivity contribution in [2.45, 2.75) is 44.2 Å². The lowest BCUT2D eigenvalue weighted by atomic mass is 9.98. The van der Waals surface area contributed by atoms with Crippen LogP contribution in [-0.4, -0.2) is 27.1 Å². The molecule has 0 unspecified atom stereocenters. The van der Waals surface area contributed by atoms with Crippen molar-refractivity contribution in [3.63, 3.8) is 0 Å². The molecule has 0 bridgehead atoms. The van der Waals surface area contributed by atoms with E-state index in [9.17, 15) is 14.7 Å². The molecule has 0 atom stereocenters. The highest BCUT2D eigenvalue weighted by molar-refractivity contribution is 5.85. The molecule has 1 aromatic carbocycles.